The molecule has 0 aliphatic carbocycles. The zero-order valence-corrected chi connectivity index (χ0v) is 18.9. The molecular weight excluding hydrogens is 443 g/mol. The zero-order valence-electron chi connectivity index (χ0n) is 18.9. The summed E-state index contributed by atoms with van der Waals surface area (Å²) in [6.07, 6.45) is 8.62. The maximum absolute atomic E-state index is 16.0. The summed E-state index contributed by atoms with van der Waals surface area (Å²) in [6, 6.07) is 11.1. The normalized spacial score (nSPS) is 11.5. The molecule has 8 nitrogen and oxygen atoms in total. The first kappa shape index (κ1) is 21.1. The third-order valence-electron chi connectivity index (χ3n) is 5.91. The van der Waals surface area contributed by atoms with E-state index in [1.165, 1.54) is 0 Å². The van der Waals surface area contributed by atoms with Crippen molar-refractivity contribution < 1.29 is 4.39 Å². The number of halogens is 1. The largest absolute Gasteiger partial charge is 0.336 e. The molecule has 35 heavy (non-hydrogen) atoms. The van der Waals surface area contributed by atoms with Crippen molar-refractivity contribution in [2.75, 3.05) is 6.54 Å². The first-order valence-electron chi connectivity index (χ1n) is 11.3. The van der Waals surface area contributed by atoms with Gasteiger partial charge in [-0.3, -0.25) is 20.1 Å². The van der Waals surface area contributed by atoms with Crippen LogP contribution in [0.15, 0.2) is 67.4 Å². The number of aromatic amines is 2. The number of imidazole rings is 1. The average Bonchev–Trinajstić information content (AvgIpc) is 3.53. The molecular formula is C26H21FN8. The summed E-state index contributed by atoms with van der Waals surface area (Å²) in [6.45, 7) is 3.56. The van der Waals surface area contributed by atoms with Gasteiger partial charge in [-0.15, -0.1) is 0 Å². The van der Waals surface area contributed by atoms with E-state index in [9.17, 15) is 0 Å². The summed E-state index contributed by atoms with van der Waals surface area (Å²) < 4.78 is 16.0. The van der Waals surface area contributed by atoms with Gasteiger partial charge < -0.3 is 10.3 Å². The number of hydrogen-bond donors (Lipinski definition) is 3. The number of pyridine rings is 3. The van der Waals surface area contributed by atoms with Crippen molar-refractivity contribution in [3.05, 3.63) is 78.8 Å². The maximum atomic E-state index is 16.0. The third-order valence-corrected chi connectivity index (χ3v) is 5.91. The molecule has 0 aliphatic heterocycles. The summed E-state index contributed by atoms with van der Waals surface area (Å²) in [4.78, 5) is 21.0. The van der Waals surface area contributed by atoms with Crippen LogP contribution in [0.1, 0.15) is 12.5 Å². The molecule has 3 N–H and O–H groups in total. The molecule has 0 unspecified atom stereocenters. The van der Waals surface area contributed by atoms with Crippen LogP contribution in [0.4, 0.5) is 4.39 Å². The quantitative estimate of drug-likeness (QED) is 0.324. The maximum Gasteiger partial charge on any atom is 0.159 e. The van der Waals surface area contributed by atoms with Gasteiger partial charge in [0.2, 0.25) is 0 Å². The predicted molar refractivity (Wildman–Crippen MR) is 133 cm³/mol. The summed E-state index contributed by atoms with van der Waals surface area (Å²) in [7, 11) is 0. The molecule has 0 atom stereocenters. The number of fused-ring (bicyclic) bond motifs is 2. The standard InChI is InChI=1S/C26H21FN8/c1-2-28-11-15-10-17(14-30-12-15)18-5-6-19-21(22(18)27)25(35-34-19)26-32-20-7-9-31-23(24(20)33-26)16-4-3-8-29-13-16/h3-10,12-14,28H,2,11H2,1H3,(H,32,33)(H,34,35). The van der Waals surface area contributed by atoms with Crippen LogP contribution in [-0.2, 0) is 6.54 Å². The highest BCUT2D eigenvalue weighted by atomic mass is 19.1. The Bertz CT molecular complexity index is 1660. The lowest BCUT2D eigenvalue weighted by Crippen LogP contribution is -2.11. The van der Waals surface area contributed by atoms with Crippen LogP contribution in [-0.4, -0.2) is 41.7 Å². The minimum Gasteiger partial charge on any atom is -0.336 e. The molecule has 0 spiro atoms. The number of hydrogen-bond acceptors (Lipinski definition) is 6. The highest BCUT2D eigenvalue weighted by Crippen LogP contribution is 2.35. The minimum atomic E-state index is -0.375. The summed E-state index contributed by atoms with van der Waals surface area (Å²) >= 11 is 0. The summed E-state index contributed by atoms with van der Waals surface area (Å²) in [5, 5.41) is 11.0. The van der Waals surface area contributed by atoms with Crippen LogP contribution in [0.25, 0.3) is 55.8 Å². The van der Waals surface area contributed by atoms with Crippen LogP contribution in [0.3, 0.4) is 0 Å². The van der Waals surface area contributed by atoms with Gasteiger partial charge in [0.15, 0.2) is 5.82 Å². The van der Waals surface area contributed by atoms with Crippen molar-refractivity contribution in [3.8, 4) is 33.9 Å². The van der Waals surface area contributed by atoms with Crippen LogP contribution in [0.2, 0.25) is 0 Å². The molecule has 0 saturated carbocycles. The second-order valence-electron chi connectivity index (χ2n) is 8.17. The highest BCUT2D eigenvalue weighted by Gasteiger charge is 2.20. The molecule has 0 radical (unpaired) electrons. The fourth-order valence-corrected chi connectivity index (χ4v) is 4.23. The number of nitrogens with one attached hydrogen (secondary N) is 3. The first-order chi connectivity index (χ1) is 17.2. The van der Waals surface area contributed by atoms with Crippen molar-refractivity contribution in [2.24, 2.45) is 0 Å². The summed E-state index contributed by atoms with van der Waals surface area (Å²) in [5.74, 6) is 0.0826. The second-order valence-corrected chi connectivity index (χ2v) is 8.17. The van der Waals surface area contributed by atoms with Crippen molar-refractivity contribution >= 4 is 21.9 Å². The average molecular weight is 465 g/mol. The van der Waals surface area contributed by atoms with E-state index >= 15 is 4.39 Å². The zero-order chi connectivity index (χ0) is 23.8. The smallest absolute Gasteiger partial charge is 0.159 e. The van der Waals surface area contributed by atoms with Crippen LogP contribution in [0.5, 0.6) is 0 Å². The lowest BCUT2D eigenvalue weighted by Gasteiger charge is -2.07. The monoisotopic (exact) mass is 464 g/mol. The Morgan fingerprint density at radius 2 is 1.86 bits per heavy atom. The van der Waals surface area contributed by atoms with Gasteiger partial charge in [0, 0.05) is 54.2 Å². The minimum absolute atomic E-state index is 0.370. The molecule has 6 aromatic rings. The molecule has 9 heteroatoms. The van der Waals surface area contributed by atoms with Crippen LogP contribution in [0, 0.1) is 5.82 Å². The molecule has 0 aliphatic rings. The van der Waals surface area contributed by atoms with Gasteiger partial charge in [-0.2, -0.15) is 5.10 Å². The topological polar surface area (TPSA) is 108 Å². The van der Waals surface area contributed by atoms with Gasteiger partial charge in [0.1, 0.15) is 17.0 Å². The fraction of sp³-hybridized carbons (Fsp3) is 0.115. The number of rotatable bonds is 6. The van der Waals surface area contributed by atoms with E-state index in [2.05, 4.69) is 35.5 Å². The predicted octanol–water partition coefficient (Wildman–Crippen LogP) is 4.87. The van der Waals surface area contributed by atoms with E-state index in [1.807, 2.05) is 37.3 Å². The van der Waals surface area contributed by atoms with Gasteiger partial charge in [-0.25, -0.2) is 9.37 Å². The molecule has 5 heterocycles. The van der Waals surface area contributed by atoms with Crippen molar-refractivity contribution in [1.29, 1.82) is 0 Å². The molecule has 0 bridgehead atoms. The van der Waals surface area contributed by atoms with E-state index in [0.717, 1.165) is 23.2 Å². The molecule has 1 aromatic carbocycles. The van der Waals surface area contributed by atoms with Crippen molar-refractivity contribution in [2.45, 2.75) is 13.5 Å². The van der Waals surface area contributed by atoms with Gasteiger partial charge in [0.05, 0.1) is 22.1 Å². The molecule has 5 aromatic heterocycles. The Labute approximate surface area is 199 Å². The molecule has 172 valence electrons. The van der Waals surface area contributed by atoms with Gasteiger partial charge in [0.25, 0.3) is 0 Å². The molecule has 6 rings (SSSR count). The Morgan fingerprint density at radius 3 is 2.71 bits per heavy atom. The Hall–Kier alpha value is -4.50. The number of aromatic nitrogens is 7. The SMILES string of the molecule is CCNCc1cncc(-c2ccc3[nH]nc(-c4nc5c(-c6cccnc6)nccc5[nH]4)c3c2F)c1. The van der Waals surface area contributed by atoms with E-state index in [0.29, 0.717) is 51.3 Å². The Kier molecular flexibility index (Phi) is 5.23. The number of nitrogens with zero attached hydrogens (tertiary/aromatic N) is 5. The van der Waals surface area contributed by atoms with Crippen LogP contribution < -0.4 is 5.32 Å². The van der Waals surface area contributed by atoms with E-state index in [-0.39, 0.29) is 5.82 Å². The Morgan fingerprint density at radius 1 is 0.943 bits per heavy atom. The first-order valence-corrected chi connectivity index (χ1v) is 11.3. The number of benzene rings is 1. The van der Waals surface area contributed by atoms with Gasteiger partial charge in [-0.05, 0) is 48.5 Å². The van der Waals surface area contributed by atoms with Crippen molar-refractivity contribution in [1.82, 2.24) is 40.4 Å². The van der Waals surface area contributed by atoms with Crippen LogP contribution >= 0.6 is 0 Å². The molecule has 0 amide bonds. The number of H-pyrrole nitrogens is 2. The molecule has 0 saturated heterocycles. The lowest BCUT2D eigenvalue weighted by molar-refractivity contribution is 0.643. The van der Waals surface area contributed by atoms with Crippen molar-refractivity contribution in [3.63, 3.8) is 0 Å². The summed E-state index contributed by atoms with van der Waals surface area (Å²) in [5.41, 5.74) is 6.14. The molecule has 0 fully saturated rings. The van der Waals surface area contributed by atoms with E-state index in [1.54, 1.807) is 37.1 Å². The fourth-order valence-electron chi connectivity index (χ4n) is 4.23. The Balaban J connectivity index is 1.48. The lowest BCUT2D eigenvalue weighted by atomic mass is 10.0. The third kappa shape index (κ3) is 3.71. The van der Waals surface area contributed by atoms with E-state index < -0.39 is 0 Å². The highest BCUT2D eigenvalue weighted by molar-refractivity contribution is 5.98. The van der Waals surface area contributed by atoms with Gasteiger partial charge in [-0.1, -0.05) is 6.92 Å². The van der Waals surface area contributed by atoms with Gasteiger partial charge >= 0.3 is 0 Å². The van der Waals surface area contributed by atoms with E-state index in [4.69, 9.17) is 4.98 Å². The second kappa shape index (κ2) is 8.69.